The third-order valence-corrected chi connectivity index (χ3v) is 2.88. The molecule has 0 fully saturated rings. The van der Waals surface area contributed by atoms with Crippen LogP contribution in [0.3, 0.4) is 0 Å². The van der Waals surface area contributed by atoms with E-state index in [1.807, 2.05) is 12.1 Å². The van der Waals surface area contributed by atoms with E-state index in [4.69, 9.17) is 23.2 Å². The van der Waals surface area contributed by atoms with Gasteiger partial charge in [0, 0.05) is 13.1 Å². The quantitative estimate of drug-likeness (QED) is 0.785. The molecule has 74 valence electrons. The summed E-state index contributed by atoms with van der Waals surface area (Å²) < 4.78 is 0. The topological polar surface area (TPSA) is 24.4 Å². The van der Waals surface area contributed by atoms with E-state index >= 15 is 0 Å². The molecule has 1 aliphatic heterocycles. The second kappa shape index (κ2) is 4.30. The minimum atomic E-state index is 0.581. The van der Waals surface area contributed by atoms with Gasteiger partial charge >= 0.3 is 0 Å². The van der Waals surface area contributed by atoms with Crippen LogP contribution in [0.15, 0.2) is 23.2 Å². The monoisotopic (exact) mass is 228 g/mol. The molecule has 1 heterocycles. The molecule has 0 unspecified atom stereocenters. The molecular weight excluding hydrogens is 219 g/mol. The molecule has 4 heteroatoms. The predicted octanol–water partition coefficient (Wildman–Crippen LogP) is 2.39. The second-order valence-electron chi connectivity index (χ2n) is 3.13. The number of nitrogens with zero attached hydrogens (tertiary/aromatic N) is 1. The minimum absolute atomic E-state index is 0.581. The van der Waals surface area contributed by atoms with Gasteiger partial charge in [0.2, 0.25) is 0 Å². The molecule has 1 aliphatic rings. The zero-order valence-electron chi connectivity index (χ0n) is 7.56. The van der Waals surface area contributed by atoms with Crippen molar-refractivity contribution in [3.8, 4) is 0 Å². The highest BCUT2D eigenvalue weighted by molar-refractivity contribution is 6.42. The number of hydrogen-bond donors (Lipinski definition) is 1. The molecule has 0 saturated heterocycles. The Hall–Kier alpha value is -0.570. The molecule has 0 bridgehead atoms. The first-order valence-corrected chi connectivity index (χ1v) is 5.22. The number of rotatable bonds is 1. The number of hydrogen-bond acceptors (Lipinski definition) is 2. The van der Waals surface area contributed by atoms with E-state index in [-0.39, 0.29) is 0 Å². The molecule has 2 nitrogen and oxygen atoms in total. The van der Waals surface area contributed by atoms with Crippen molar-refractivity contribution in [1.82, 2.24) is 5.32 Å². The van der Waals surface area contributed by atoms with Crippen molar-refractivity contribution in [3.05, 3.63) is 33.8 Å². The molecule has 2 rings (SSSR count). The summed E-state index contributed by atoms with van der Waals surface area (Å²) in [4.78, 5) is 4.42. The van der Waals surface area contributed by atoms with E-state index in [0.717, 1.165) is 30.9 Å². The standard InChI is InChI=1S/C10H10Cl2N2/c11-8-2-1-7(5-9(8)12)10-6-13-3-4-14-10/h1-2,5,13H,3-4,6H2. The molecule has 0 aromatic heterocycles. The zero-order chi connectivity index (χ0) is 9.97. The van der Waals surface area contributed by atoms with Gasteiger partial charge in [0.05, 0.1) is 22.3 Å². The molecule has 0 amide bonds. The highest BCUT2D eigenvalue weighted by Gasteiger charge is 2.08. The number of aliphatic imine (C=N–C) groups is 1. The SMILES string of the molecule is Clc1ccc(C2=NCCNC2)cc1Cl. The van der Waals surface area contributed by atoms with E-state index in [2.05, 4.69) is 10.3 Å². The largest absolute Gasteiger partial charge is 0.309 e. The lowest BCUT2D eigenvalue weighted by molar-refractivity contribution is 0.737. The van der Waals surface area contributed by atoms with Crippen molar-refractivity contribution in [2.75, 3.05) is 19.6 Å². The second-order valence-corrected chi connectivity index (χ2v) is 3.95. The summed E-state index contributed by atoms with van der Waals surface area (Å²) >= 11 is 11.8. The fourth-order valence-corrected chi connectivity index (χ4v) is 1.70. The fourth-order valence-electron chi connectivity index (χ4n) is 1.40. The highest BCUT2D eigenvalue weighted by atomic mass is 35.5. The maximum atomic E-state index is 5.93. The molecule has 0 atom stereocenters. The Kier molecular flexibility index (Phi) is 3.06. The zero-order valence-corrected chi connectivity index (χ0v) is 9.07. The molecule has 0 aliphatic carbocycles. The van der Waals surface area contributed by atoms with E-state index in [9.17, 15) is 0 Å². The summed E-state index contributed by atoms with van der Waals surface area (Å²) in [6.45, 7) is 2.58. The summed E-state index contributed by atoms with van der Waals surface area (Å²) in [6, 6.07) is 5.60. The van der Waals surface area contributed by atoms with Crippen LogP contribution in [0, 0.1) is 0 Å². The Morgan fingerprint density at radius 3 is 2.71 bits per heavy atom. The number of nitrogens with one attached hydrogen (secondary N) is 1. The van der Waals surface area contributed by atoms with Crippen LogP contribution >= 0.6 is 23.2 Å². The molecule has 1 aromatic carbocycles. The van der Waals surface area contributed by atoms with Crippen molar-refractivity contribution in [2.45, 2.75) is 0 Å². The molecule has 0 radical (unpaired) electrons. The Morgan fingerprint density at radius 1 is 1.21 bits per heavy atom. The normalized spacial score (nSPS) is 16.6. The van der Waals surface area contributed by atoms with Crippen molar-refractivity contribution in [1.29, 1.82) is 0 Å². The van der Waals surface area contributed by atoms with Crippen LogP contribution in [0.1, 0.15) is 5.56 Å². The van der Waals surface area contributed by atoms with Gasteiger partial charge in [-0.2, -0.15) is 0 Å². The first-order chi connectivity index (χ1) is 6.77. The molecular formula is C10H10Cl2N2. The number of benzene rings is 1. The van der Waals surface area contributed by atoms with Crippen molar-refractivity contribution < 1.29 is 0 Å². The van der Waals surface area contributed by atoms with Gasteiger partial charge in [0.25, 0.3) is 0 Å². The Labute approximate surface area is 92.9 Å². The van der Waals surface area contributed by atoms with Crippen LogP contribution < -0.4 is 5.32 Å². The summed E-state index contributed by atoms with van der Waals surface area (Å²) in [5, 5.41) is 4.42. The third kappa shape index (κ3) is 2.08. The van der Waals surface area contributed by atoms with Crippen molar-refractivity contribution >= 4 is 28.9 Å². The van der Waals surface area contributed by atoms with Crippen LogP contribution in [0.25, 0.3) is 0 Å². The Bertz CT molecular complexity index is 374. The predicted molar refractivity (Wildman–Crippen MR) is 60.7 cm³/mol. The Balaban J connectivity index is 2.32. The lowest BCUT2D eigenvalue weighted by Crippen LogP contribution is -2.31. The van der Waals surface area contributed by atoms with E-state index in [0.29, 0.717) is 10.0 Å². The maximum absolute atomic E-state index is 5.93. The molecule has 1 aromatic rings. The Morgan fingerprint density at radius 2 is 2.07 bits per heavy atom. The average molecular weight is 229 g/mol. The van der Waals surface area contributed by atoms with Crippen molar-refractivity contribution in [3.63, 3.8) is 0 Å². The molecule has 1 N–H and O–H groups in total. The summed E-state index contributed by atoms with van der Waals surface area (Å²) in [5.74, 6) is 0. The van der Waals surface area contributed by atoms with Crippen LogP contribution in [0.5, 0.6) is 0 Å². The summed E-state index contributed by atoms with van der Waals surface area (Å²) in [7, 11) is 0. The van der Waals surface area contributed by atoms with E-state index in [1.165, 1.54) is 0 Å². The molecule has 0 spiro atoms. The van der Waals surface area contributed by atoms with Gasteiger partial charge < -0.3 is 5.32 Å². The van der Waals surface area contributed by atoms with Crippen LogP contribution in [0.4, 0.5) is 0 Å². The third-order valence-electron chi connectivity index (χ3n) is 2.14. The molecule has 14 heavy (non-hydrogen) atoms. The van der Waals surface area contributed by atoms with Gasteiger partial charge in [-0.3, -0.25) is 4.99 Å². The van der Waals surface area contributed by atoms with Gasteiger partial charge in [-0.25, -0.2) is 0 Å². The first kappa shape index (κ1) is 9.97. The summed E-state index contributed by atoms with van der Waals surface area (Å²) in [5.41, 5.74) is 2.10. The average Bonchev–Trinajstić information content (AvgIpc) is 2.23. The fraction of sp³-hybridized carbons (Fsp3) is 0.300. The summed E-state index contributed by atoms with van der Waals surface area (Å²) in [6.07, 6.45) is 0. The van der Waals surface area contributed by atoms with Crippen molar-refractivity contribution in [2.24, 2.45) is 4.99 Å². The molecule has 0 saturated carbocycles. The van der Waals surface area contributed by atoms with E-state index < -0.39 is 0 Å². The lowest BCUT2D eigenvalue weighted by atomic mass is 10.1. The maximum Gasteiger partial charge on any atom is 0.0598 e. The van der Waals surface area contributed by atoms with Gasteiger partial charge in [-0.05, 0) is 17.7 Å². The van der Waals surface area contributed by atoms with Crippen LogP contribution in [-0.2, 0) is 0 Å². The van der Waals surface area contributed by atoms with Gasteiger partial charge in [-0.15, -0.1) is 0 Å². The van der Waals surface area contributed by atoms with E-state index in [1.54, 1.807) is 6.07 Å². The number of halogens is 2. The lowest BCUT2D eigenvalue weighted by Gasteiger charge is -2.13. The highest BCUT2D eigenvalue weighted by Crippen LogP contribution is 2.23. The smallest absolute Gasteiger partial charge is 0.0598 e. The minimum Gasteiger partial charge on any atom is -0.309 e. The van der Waals surface area contributed by atoms with Crippen LogP contribution in [-0.4, -0.2) is 25.3 Å². The van der Waals surface area contributed by atoms with Gasteiger partial charge in [0.15, 0.2) is 0 Å². The first-order valence-electron chi connectivity index (χ1n) is 4.47. The van der Waals surface area contributed by atoms with Crippen LogP contribution in [0.2, 0.25) is 10.0 Å². The van der Waals surface area contributed by atoms with Gasteiger partial charge in [-0.1, -0.05) is 29.3 Å². The van der Waals surface area contributed by atoms with Gasteiger partial charge in [0.1, 0.15) is 0 Å².